The quantitative estimate of drug-likeness (QED) is 0.269. The van der Waals surface area contributed by atoms with Gasteiger partial charge in [-0.05, 0) is 69.7 Å². The maximum Gasteiger partial charge on any atom is 0.338 e. The summed E-state index contributed by atoms with van der Waals surface area (Å²) >= 11 is 1.58. The van der Waals surface area contributed by atoms with Crippen LogP contribution in [0.5, 0.6) is 5.75 Å². The first-order valence-electron chi connectivity index (χ1n) is 13.1. The minimum absolute atomic E-state index is 0.0295. The highest BCUT2D eigenvalue weighted by molar-refractivity contribution is 7.98. The molecule has 0 saturated heterocycles. The van der Waals surface area contributed by atoms with Gasteiger partial charge in [0.25, 0.3) is 0 Å². The number of aromatic nitrogens is 3. The summed E-state index contributed by atoms with van der Waals surface area (Å²) < 4.78 is 13.7. The molecule has 0 amide bonds. The van der Waals surface area contributed by atoms with E-state index in [4.69, 9.17) is 19.6 Å². The molecule has 1 N–H and O–H groups in total. The van der Waals surface area contributed by atoms with E-state index < -0.39 is 6.04 Å². The molecule has 1 aliphatic carbocycles. The summed E-state index contributed by atoms with van der Waals surface area (Å²) in [7, 11) is 0. The zero-order valence-electron chi connectivity index (χ0n) is 21.6. The van der Waals surface area contributed by atoms with Gasteiger partial charge in [-0.2, -0.15) is 4.98 Å². The standard InChI is InChI=1S/C29H34N4O3S/c1-19(2)35-24-16-14-22(15-17-24)26-25(27(34)36-23-12-8-5-9-13-23)20(3)30-28-31-29(32-33(26)28)37-18-21-10-6-4-7-11-21/h4,6-7,10-11,14-17,19,23,26H,5,8-9,12-13,18H2,1-3H3,(H,30,31,32). The molecule has 7 nitrogen and oxygen atoms in total. The van der Waals surface area contributed by atoms with E-state index in [1.54, 1.807) is 11.8 Å². The molecule has 2 heterocycles. The number of carbonyl (C=O) groups excluding carboxylic acids is 1. The second-order valence-electron chi connectivity index (χ2n) is 9.90. The Morgan fingerprint density at radius 2 is 1.81 bits per heavy atom. The van der Waals surface area contributed by atoms with Gasteiger partial charge in [0.1, 0.15) is 17.9 Å². The summed E-state index contributed by atoms with van der Waals surface area (Å²) in [5, 5.41) is 8.81. The summed E-state index contributed by atoms with van der Waals surface area (Å²) in [6, 6.07) is 17.7. The van der Waals surface area contributed by atoms with Crippen molar-refractivity contribution in [2.75, 3.05) is 5.32 Å². The molecule has 2 aromatic carbocycles. The number of thioether (sulfide) groups is 1. The van der Waals surface area contributed by atoms with Gasteiger partial charge in [0, 0.05) is 11.4 Å². The van der Waals surface area contributed by atoms with Crippen molar-refractivity contribution in [3.8, 4) is 5.75 Å². The average molecular weight is 519 g/mol. The minimum atomic E-state index is -0.445. The molecule has 2 aliphatic rings. The van der Waals surface area contributed by atoms with Crippen molar-refractivity contribution in [3.63, 3.8) is 0 Å². The van der Waals surface area contributed by atoms with Crippen LogP contribution in [0.3, 0.4) is 0 Å². The average Bonchev–Trinajstić information content (AvgIpc) is 3.30. The number of benzene rings is 2. The molecule has 5 rings (SSSR count). The van der Waals surface area contributed by atoms with Gasteiger partial charge in [-0.3, -0.25) is 0 Å². The highest BCUT2D eigenvalue weighted by Crippen LogP contribution is 2.38. The van der Waals surface area contributed by atoms with Crippen LogP contribution < -0.4 is 10.1 Å². The van der Waals surface area contributed by atoms with Crippen LogP contribution in [-0.4, -0.2) is 32.9 Å². The van der Waals surface area contributed by atoms with E-state index >= 15 is 0 Å². The zero-order valence-corrected chi connectivity index (χ0v) is 22.5. The predicted molar refractivity (Wildman–Crippen MR) is 146 cm³/mol. The molecule has 1 saturated carbocycles. The van der Waals surface area contributed by atoms with Crippen molar-refractivity contribution in [3.05, 3.63) is 77.0 Å². The van der Waals surface area contributed by atoms with Gasteiger partial charge in [-0.25, -0.2) is 9.48 Å². The monoisotopic (exact) mass is 518 g/mol. The topological polar surface area (TPSA) is 78.3 Å². The number of hydrogen-bond acceptors (Lipinski definition) is 7. The number of anilines is 1. The molecular formula is C29H34N4O3S. The molecule has 1 fully saturated rings. The number of carbonyl (C=O) groups is 1. The lowest BCUT2D eigenvalue weighted by Crippen LogP contribution is -2.32. The lowest BCUT2D eigenvalue weighted by atomic mass is 9.95. The second kappa shape index (κ2) is 11.4. The lowest BCUT2D eigenvalue weighted by molar-refractivity contribution is -0.146. The van der Waals surface area contributed by atoms with Crippen molar-refractivity contribution < 1.29 is 14.3 Å². The molecule has 1 unspecified atom stereocenters. The minimum Gasteiger partial charge on any atom is -0.491 e. The second-order valence-corrected chi connectivity index (χ2v) is 10.8. The molecule has 8 heteroatoms. The summed E-state index contributed by atoms with van der Waals surface area (Å²) in [6.45, 7) is 5.92. The van der Waals surface area contributed by atoms with Crippen LogP contribution in [0.2, 0.25) is 0 Å². The third kappa shape index (κ3) is 6.01. The Morgan fingerprint density at radius 3 is 2.51 bits per heavy atom. The van der Waals surface area contributed by atoms with Crippen LogP contribution in [0, 0.1) is 0 Å². The fourth-order valence-electron chi connectivity index (χ4n) is 4.89. The lowest BCUT2D eigenvalue weighted by Gasteiger charge is -2.30. The maximum atomic E-state index is 13.6. The van der Waals surface area contributed by atoms with Crippen molar-refractivity contribution in [2.24, 2.45) is 0 Å². The number of fused-ring (bicyclic) bond motifs is 1. The smallest absolute Gasteiger partial charge is 0.338 e. The Morgan fingerprint density at radius 1 is 1.08 bits per heavy atom. The van der Waals surface area contributed by atoms with Gasteiger partial charge in [-0.15, -0.1) is 5.10 Å². The highest BCUT2D eigenvalue weighted by Gasteiger charge is 2.36. The Bertz CT molecular complexity index is 1250. The molecule has 1 atom stereocenters. The van der Waals surface area contributed by atoms with E-state index in [2.05, 4.69) is 17.4 Å². The predicted octanol–water partition coefficient (Wildman–Crippen LogP) is 6.52. The SMILES string of the molecule is CC1=C(C(=O)OC2CCCCC2)C(c2ccc(OC(C)C)cc2)n2nc(SCc3ccccc3)nc2N1. The number of nitrogens with zero attached hydrogens (tertiary/aromatic N) is 3. The molecule has 37 heavy (non-hydrogen) atoms. The van der Waals surface area contributed by atoms with Crippen molar-refractivity contribution >= 4 is 23.7 Å². The molecule has 1 aromatic heterocycles. The number of allylic oxidation sites excluding steroid dienone is 1. The highest BCUT2D eigenvalue weighted by atomic mass is 32.2. The summed E-state index contributed by atoms with van der Waals surface area (Å²) in [4.78, 5) is 18.3. The van der Waals surface area contributed by atoms with Crippen LogP contribution in [0.4, 0.5) is 5.95 Å². The van der Waals surface area contributed by atoms with Crippen LogP contribution in [0.15, 0.2) is 71.0 Å². The van der Waals surface area contributed by atoms with E-state index in [0.717, 1.165) is 48.4 Å². The third-order valence-corrected chi connectivity index (χ3v) is 7.57. The number of hydrogen-bond donors (Lipinski definition) is 1. The van der Waals surface area contributed by atoms with Gasteiger partial charge in [0.2, 0.25) is 11.1 Å². The van der Waals surface area contributed by atoms with Gasteiger partial charge in [0.15, 0.2) is 0 Å². The van der Waals surface area contributed by atoms with Crippen molar-refractivity contribution in [1.29, 1.82) is 0 Å². The number of esters is 1. The molecule has 1 aliphatic heterocycles. The molecule has 0 radical (unpaired) electrons. The van der Waals surface area contributed by atoms with Crippen LogP contribution >= 0.6 is 11.8 Å². The Hall–Kier alpha value is -3.26. The molecule has 194 valence electrons. The van der Waals surface area contributed by atoms with E-state index in [-0.39, 0.29) is 18.2 Å². The first-order chi connectivity index (χ1) is 18.0. The fraction of sp³-hybridized carbons (Fsp3) is 0.414. The third-order valence-electron chi connectivity index (χ3n) is 6.66. The number of rotatable bonds is 8. The number of ether oxygens (including phenoxy) is 2. The van der Waals surface area contributed by atoms with E-state index in [1.807, 2.05) is 67.9 Å². The summed E-state index contributed by atoms with van der Waals surface area (Å²) in [6.07, 6.45) is 5.31. The van der Waals surface area contributed by atoms with E-state index in [1.165, 1.54) is 12.0 Å². The van der Waals surface area contributed by atoms with Gasteiger partial charge in [-0.1, -0.05) is 60.6 Å². The molecule has 0 spiro atoms. The van der Waals surface area contributed by atoms with Gasteiger partial charge in [0.05, 0.1) is 11.7 Å². The zero-order chi connectivity index (χ0) is 25.8. The molecular weight excluding hydrogens is 484 g/mol. The van der Waals surface area contributed by atoms with Crippen LogP contribution in [0.25, 0.3) is 0 Å². The number of nitrogens with one attached hydrogen (secondary N) is 1. The normalized spacial score (nSPS) is 17.9. The van der Waals surface area contributed by atoms with Gasteiger partial charge < -0.3 is 14.8 Å². The first-order valence-corrected chi connectivity index (χ1v) is 14.0. The maximum absolute atomic E-state index is 13.6. The van der Waals surface area contributed by atoms with Gasteiger partial charge >= 0.3 is 5.97 Å². The largest absolute Gasteiger partial charge is 0.491 e. The Balaban J connectivity index is 1.45. The molecule has 0 bridgehead atoms. The molecule has 3 aromatic rings. The van der Waals surface area contributed by atoms with E-state index in [0.29, 0.717) is 16.7 Å². The van der Waals surface area contributed by atoms with E-state index in [9.17, 15) is 4.79 Å². The summed E-state index contributed by atoms with van der Waals surface area (Å²) in [5.74, 6) is 1.88. The summed E-state index contributed by atoms with van der Waals surface area (Å²) in [5.41, 5.74) is 3.45. The van der Waals surface area contributed by atoms with Crippen LogP contribution in [0.1, 0.15) is 70.0 Å². The van der Waals surface area contributed by atoms with Crippen molar-refractivity contribution in [1.82, 2.24) is 14.8 Å². The first kappa shape index (κ1) is 25.4. The fourth-order valence-corrected chi connectivity index (χ4v) is 5.67. The Labute approximate surface area is 222 Å². The van der Waals surface area contributed by atoms with Crippen molar-refractivity contribution in [2.45, 2.75) is 82.0 Å². The van der Waals surface area contributed by atoms with Crippen LogP contribution in [-0.2, 0) is 15.3 Å². The Kier molecular flexibility index (Phi) is 7.84.